The summed E-state index contributed by atoms with van der Waals surface area (Å²) < 4.78 is 5.30. The van der Waals surface area contributed by atoms with Crippen LogP contribution in [0.25, 0.3) is 10.8 Å². The molecule has 3 aromatic rings. The average Bonchev–Trinajstić information content (AvgIpc) is 2.87. The number of hydrogen-bond acceptors (Lipinski definition) is 5. The first kappa shape index (κ1) is 25.7. The van der Waals surface area contributed by atoms with Gasteiger partial charge in [0.2, 0.25) is 11.8 Å². The number of fused-ring (bicyclic) bond motifs is 1. The van der Waals surface area contributed by atoms with Crippen LogP contribution in [0, 0.1) is 13.8 Å². The van der Waals surface area contributed by atoms with Crippen molar-refractivity contribution in [3.63, 3.8) is 0 Å². The van der Waals surface area contributed by atoms with Gasteiger partial charge in [0.1, 0.15) is 5.75 Å². The second-order valence-electron chi connectivity index (χ2n) is 9.66. The molecule has 4 rings (SSSR count). The van der Waals surface area contributed by atoms with Gasteiger partial charge in [-0.05, 0) is 59.5 Å². The van der Waals surface area contributed by atoms with E-state index in [-0.39, 0.29) is 11.8 Å². The van der Waals surface area contributed by atoms with E-state index in [2.05, 4.69) is 33.3 Å². The molecule has 0 unspecified atom stereocenters. The van der Waals surface area contributed by atoms with Crippen LogP contribution in [0.15, 0.2) is 54.6 Å². The third-order valence-electron chi connectivity index (χ3n) is 6.89. The average molecular weight is 489 g/mol. The predicted octanol–water partition coefficient (Wildman–Crippen LogP) is 3.68. The molecule has 0 aromatic heterocycles. The molecule has 36 heavy (non-hydrogen) atoms. The molecule has 0 radical (unpaired) electrons. The Morgan fingerprint density at radius 1 is 0.889 bits per heavy atom. The lowest BCUT2D eigenvalue weighted by Gasteiger charge is -2.34. The topological polar surface area (TPSA) is 65.1 Å². The monoisotopic (exact) mass is 488 g/mol. The highest BCUT2D eigenvalue weighted by atomic mass is 16.5. The molecule has 3 aromatic carbocycles. The number of hydrogen-bond donors (Lipinski definition) is 1. The third kappa shape index (κ3) is 6.42. The molecule has 7 heteroatoms. The molecule has 7 nitrogen and oxygen atoms in total. The standard InChI is InChI=1S/C29H36N4O3/c1-21-6-5-7-22(2)29(21)30-27(34)19-32-12-14-33(15-13-32)20-28(35)31(3)18-23-8-9-25-17-26(36-4)11-10-24(25)16-23/h5-11,16-17H,12-15,18-20H2,1-4H3,(H,30,34). The van der Waals surface area contributed by atoms with Crippen molar-refractivity contribution in [2.75, 3.05) is 58.7 Å². The number of ether oxygens (including phenoxy) is 1. The van der Waals surface area contributed by atoms with Crippen molar-refractivity contribution in [2.24, 2.45) is 0 Å². The number of anilines is 1. The molecule has 190 valence electrons. The summed E-state index contributed by atoms with van der Waals surface area (Å²) in [6.45, 7) is 8.42. The maximum Gasteiger partial charge on any atom is 0.238 e. The number of carbonyl (C=O) groups excluding carboxylic acids is 2. The Labute approximate surface area is 213 Å². The summed E-state index contributed by atoms with van der Waals surface area (Å²) in [5.74, 6) is 0.946. The summed E-state index contributed by atoms with van der Waals surface area (Å²) in [7, 11) is 3.52. The molecular formula is C29H36N4O3. The van der Waals surface area contributed by atoms with E-state index < -0.39 is 0 Å². The minimum atomic E-state index is 0.00508. The molecule has 0 saturated carbocycles. The first-order valence-electron chi connectivity index (χ1n) is 12.4. The minimum Gasteiger partial charge on any atom is -0.497 e. The van der Waals surface area contributed by atoms with Crippen molar-refractivity contribution >= 4 is 28.3 Å². The van der Waals surface area contributed by atoms with Crippen LogP contribution >= 0.6 is 0 Å². The number of nitrogens with zero attached hydrogens (tertiary/aromatic N) is 3. The van der Waals surface area contributed by atoms with Crippen molar-refractivity contribution in [3.8, 4) is 5.75 Å². The van der Waals surface area contributed by atoms with Gasteiger partial charge in [-0.15, -0.1) is 0 Å². The van der Waals surface area contributed by atoms with E-state index >= 15 is 0 Å². The summed E-state index contributed by atoms with van der Waals surface area (Å²) in [5, 5.41) is 5.31. The summed E-state index contributed by atoms with van der Waals surface area (Å²) >= 11 is 0. The molecule has 2 amide bonds. The Balaban J connectivity index is 1.23. The number of benzene rings is 3. The Morgan fingerprint density at radius 2 is 1.50 bits per heavy atom. The van der Waals surface area contributed by atoms with Crippen molar-refractivity contribution in [1.29, 1.82) is 0 Å². The number of rotatable bonds is 8. The minimum absolute atomic E-state index is 0.00508. The Kier molecular flexibility index (Phi) is 8.23. The SMILES string of the molecule is COc1ccc2cc(CN(C)C(=O)CN3CCN(CC(=O)Nc4c(C)cccc4C)CC3)ccc2c1. The van der Waals surface area contributed by atoms with Gasteiger partial charge in [-0.2, -0.15) is 0 Å². The number of aryl methyl sites for hydroxylation is 2. The zero-order valence-electron chi connectivity index (χ0n) is 21.7. The highest BCUT2D eigenvalue weighted by Gasteiger charge is 2.22. The van der Waals surface area contributed by atoms with Gasteiger partial charge >= 0.3 is 0 Å². The van der Waals surface area contributed by atoms with E-state index in [1.807, 2.05) is 57.3 Å². The number of piperazine rings is 1. The van der Waals surface area contributed by atoms with Gasteiger partial charge in [-0.25, -0.2) is 0 Å². The number of carbonyl (C=O) groups is 2. The molecule has 1 heterocycles. The highest BCUT2D eigenvalue weighted by Crippen LogP contribution is 2.22. The van der Waals surface area contributed by atoms with Crippen LogP contribution in [0.2, 0.25) is 0 Å². The molecule has 1 saturated heterocycles. The highest BCUT2D eigenvalue weighted by molar-refractivity contribution is 5.93. The molecule has 1 fully saturated rings. The van der Waals surface area contributed by atoms with Crippen LogP contribution < -0.4 is 10.1 Å². The van der Waals surface area contributed by atoms with E-state index in [0.717, 1.165) is 65.1 Å². The number of methoxy groups -OCH3 is 1. The number of para-hydroxylation sites is 1. The number of amides is 2. The third-order valence-corrected chi connectivity index (χ3v) is 6.89. The second-order valence-corrected chi connectivity index (χ2v) is 9.66. The second kappa shape index (κ2) is 11.5. The Bertz CT molecular complexity index is 1210. The zero-order valence-corrected chi connectivity index (χ0v) is 21.7. The molecule has 1 aliphatic heterocycles. The van der Waals surface area contributed by atoms with Gasteiger partial charge < -0.3 is 15.0 Å². The van der Waals surface area contributed by atoms with Crippen molar-refractivity contribution < 1.29 is 14.3 Å². The maximum absolute atomic E-state index is 12.9. The van der Waals surface area contributed by atoms with E-state index in [0.29, 0.717) is 19.6 Å². The fraction of sp³-hybridized carbons (Fsp3) is 0.379. The van der Waals surface area contributed by atoms with Gasteiger partial charge in [0.05, 0.1) is 20.2 Å². The zero-order chi connectivity index (χ0) is 25.7. The largest absolute Gasteiger partial charge is 0.497 e. The molecule has 1 aliphatic rings. The van der Waals surface area contributed by atoms with Crippen LogP contribution in [-0.4, -0.2) is 79.9 Å². The van der Waals surface area contributed by atoms with Crippen LogP contribution in [0.3, 0.4) is 0 Å². The first-order chi connectivity index (χ1) is 17.3. The lowest BCUT2D eigenvalue weighted by molar-refractivity contribution is -0.132. The van der Waals surface area contributed by atoms with Crippen LogP contribution in [0.4, 0.5) is 5.69 Å². The van der Waals surface area contributed by atoms with Gasteiger partial charge in [0.25, 0.3) is 0 Å². The molecular weight excluding hydrogens is 452 g/mol. The lowest BCUT2D eigenvalue weighted by atomic mass is 10.1. The van der Waals surface area contributed by atoms with Gasteiger partial charge in [0.15, 0.2) is 0 Å². The number of nitrogens with one attached hydrogen (secondary N) is 1. The summed E-state index contributed by atoms with van der Waals surface area (Å²) in [6, 6.07) is 18.3. The molecule has 1 N–H and O–H groups in total. The van der Waals surface area contributed by atoms with E-state index in [1.165, 1.54) is 0 Å². The fourth-order valence-corrected chi connectivity index (χ4v) is 4.67. The van der Waals surface area contributed by atoms with Gasteiger partial charge in [-0.3, -0.25) is 19.4 Å². The summed E-state index contributed by atoms with van der Waals surface area (Å²) in [5.41, 5.74) is 4.14. The molecule has 0 spiro atoms. The Hall–Kier alpha value is -3.42. The van der Waals surface area contributed by atoms with E-state index in [1.54, 1.807) is 12.0 Å². The smallest absolute Gasteiger partial charge is 0.238 e. The Morgan fingerprint density at radius 3 is 2.17 bits per heavy atom. The predicted molar refractivity (Wildman–Crippen MR) is 144 cm³/mol. The van der Waals surface area contributed by atoms with Crippen LogP contribution in [-0.2, 0) is 16.1 Å². The quantitative estimate of drug-likeness (QED) is 0.524. The number of likely N-dealkylation sites (N-methyl/N-ethyl adjacent to an activating group) is 1. The van der Waals surface area contributed by atoms with Crippen molar-refractivity contribution in [3.05, 3.63) is 71.3 Å². The van der Waals surface area contributed by atoms with Crippen molar-refractivity contribution in [2.45, 2.75) is 20.4 Å². The van der Waals surface area contributed by atoms with Crippen LogP contribution in [0.1, 0.15) is 16.7 Å². The summed E-state index contributed by atoms with van der Waals surface area (Å²) in [6.07, 6.45) is 0. The molecule has 0 aliphatic carbocycles. The normalized spacial score (nSPS) is 14.6. The van der Waals surface area contributed by atoms with E-state index in [9.17, 15) is 9.59 Å². The fourth-order valence-electron chi connectivity index (χ4n) is 4.67. The van der Waals surface area contributed by atoms with E-state index in [4.69, 9.17) is 4.74 Å². The summed E-state index contributed by atoms with van der Waals surface area (Å²) in [4.78, 5) is 31.6. The van der Waals surface area contributed by atoms with Gasteiger partial charge in [0, 0.05) is 45.5 Å². The van der Waals surface area contributed by atoms with Crippen molar-refractivity contribution in [1.82, 2.24) is 14.7 Å². The first-order valence-corrected chi connectivity index (χ1v) is 12.4. The van der Waals surface area contributed by atoms with Crippen LogP contribution in [0.5, 0.6) is 5.75 Å². The molecule has 0 atom stereocenters. The van der Waals surface area contributed by atoms with Gasteiger partial charge in [-0.1, -0.05) is 36.4 Å². The molecule has 0 bridgehead atoms. The lowest BCUT2D eigenvalue weighted by Crippen LogP contribution is -2.51. The maximum atomic E-state index is 12.9.